The fourth-order valence-corrected chi connectivity index (χ4v) is 2.40. The van der Waals surface area contributed by atoms with Crippen LogP contribution >= 0.6 is 0 Å². The standard InChI is InChI=1S/C15H22N2O2/c1-15(2,3)19-14(18)17-10-4-5-13(17)11-12-6-8-16-9-7-12/h6-9,13H,4-5,10-11H2,1-3H3. The Kier molecular flexibility index (Phi) is 4.08. The highest BCUT2D eigenvalue weighted by molar-refractivity contribution is 5.69. The molecule has 104 valence electrons. The number of pyridine rings is 1. The van der Waals surface area contributed by atoms with Crippen LogP contribution < -0.4 is 0 Å². The smallest absolute Gasteiger partial charge is 0.410 e. The predicted molar refractivity (Wildman–Crippen MR) is 73.9 cm³/mol. The molecular formula is C15H22N2O2. The molecule has 1 aliphatic heterocycles. The lowest BCUT2D eigenvalue weighted by Crippen LogP contribution is -2.40. The van der Waals surface area contributed by atoms with Crippen LogP contribution in [0.2, 0.25) is 0 Å². The number of amides is 1. The Morgan fingerprint density at radius 1 is 1.42 bits per heavy atom. The Labute approximate surface area is 114 Å². The molecule has 0 bridgehead atoms. The molecule has 2 rings (SSSR count). The van der Waals surface area contributed by atoms with Gasteiger partial charge in [-0.25, -0.2) is 4.79 Å². The van der Waals surface area contributed by atoms with E-state index < -0.39 is 5.60 Å². The Hall–Kier alpha value is -1.58. The van der Waals surface area contributed by atoms with E-state index in [9.17, 15) is 4.79 Å². The van der Waals surface area contributed by atoms with Gasteiger partial charge in [0.2, 0.25) is 0 Å². The third kappa shape index (κ3) is 3.94. The molecule has 1 atom stereocenters. The fourth-order valence-electron chi connectivity index (χ4n) is 2.40. The molecule has 0 aliphatic carbocycles. The van der Waals surface area contributed by atoms with Gasteiger partial charge in [-0.2, -0.15) is 0 Å². The van der Waals surface area contributed by atoms with Gasteiger partial charge in [-0.15, -0.1) is 0 Å². The zero-order chi connectivity index (χ0) is 13.9. The molecule has 4 heteroatoms. The Morgan fingerprint density at radius 3 is 2.74 bits per heavy atom. The molecular weight excluding hydrogens is 240 g/mol. The highest BCUT2D eigenvalue weighted by atomic mass is 16.6. The molecule has 0 radical (unpaired) electrons. The van der Waals surface area contributed by atoms with Crippen molar-refractivity contribution >= 4 is 6.09 Å². The summed E-state index contributed by atoms with van der Waals surface area (Å²) in [5, 5.41) is 0. The van der Waals surface area contributed by atoms with Crippen LogP contribution in [0, 0.1) is 0 Å². The van der Waals surface area contributed by atoms with E-state index in [-0.39, 0.29) is 12.1 Å². The second kappa shape index (κ2) is 5.59. The van der Waals surface area contributed by atoms with Crippen LogP contribution in [0.25, 0.3) is 0 Å². The van der Waals surface area contributed by atoms with Gasteiger partial charge in [-0.1, -0.05) is 0 Å². The maximum absolute atomic E-state index is 12.2. The van der Waals surface area contributed by atoms with Gasteiger partial charge in [0.1, 0.15) is 5.60 Å². The van der Waals surface area contributed by atoms with Crippen molar-refractivity contribution in [3.8, 4) is 0 Å². The number of rotatable bonds is 2. The average Bonchev–Trinajstić information content (AvgIpc) is 2.76. The van der Waals surface area contributed by atoms with Crippen molar-refractivity contribution in [2.75, 3.05) is 6.54 Å². The molecule has 1 amide bonds. The molecule has 1 aliphatic rings. The molecule has 2 heterocycles. The minimum absolute atomic E-state index is 0.191. The van der Waals surface area contributed by atoms with Crippen LogP contribution in [-0.2, 0) is 11.2 Å². The maximum Gasteiger partial charge on any atom is 0.410 e. The number of ether oxygens (including phenoxy) is 1. The summed E-state index contributed by atoms with van der Waals surface area (Å²) in [6, 6.07) is 4.26. The zero-order valence-electron chi connectivity index (χ0n) is 11.9. The number of hydrogen-bond acceptors (Lipinski definition) is 3. The van der Waals surface area contributed by atoms with Crippen molar-refractivity contribution in [2.24, 2.45) is 0 Å². The van der Waals surface area contributed by atoms with Crippen LogP contribution in [0.3, 0.4) is 0 Å². The summed E-state index contributed by atoms with van der Waals surface area (Å²) in [6.45, 7) is 6.50. The zero-order valence-corrected chi connectivity index (χ0v) is 11.9. The summed E-state index contributed by atoms with van der Waals surface area (Å²) >= 11 is 0. The van der Waals surface area contributed by atoms with Crippen molar-refractivity contribution in [1.29, 1.82) is 0 Å². The lowest BCUT2D eigenvalue weighted by atomic mass is 10.1. The van der Waals surface area contributed by atoms with E-state index >= 15 is 0 Å². The van der Waals surface area contributed by atoms with E-state index in [0.29, 0.717) is 0 Å². The van der Waals surface area contributed by atoms with E-state index in [2.05, 4.69) is 4.98 Å². The maximum atomic E-state index is 12.2. The number of carbonyl (C=O) groups excluding carboxylic acids is 1. The second-order valence-electron chi connectivity index (χ2n) is 6.03. The van der Waals surface area contributed by atoms with Gasteiger partial charge in [0, 0.05) is 25.0 Å². The summed E-state index contributed by atoms with van der Waals surface area (Å²) in [6.07, 6.45) is 6.37. The van der Waals surface area contributed by atoms with Crippen LogP contribution in [-0.4, -0.2) is 34.2 Å². The Balaban J connectivity index is 1.99. The quantitative estimate of drug-likeness (QED) is 0.822. The molecule has 1 aromatic rings. The Bertz CT molecular complexity index is 426. The molecule has 1 unspecified atom stereocenters. The first-order chi connectivity index (χ1) is 8.96. The van der Waals surface area contributed by atoms with Gasteiger partial charge >= 0.3 is 6.09 Å². The van der Waals surface area contributed by atoms with Crippen LogP contribution in [0.15, 0.2) is 24.5 Å². The van der Waals surface area contributed by atoms with Crippen molar-refractivity contribution < 1.29 is 9.53 Å². The summed E-state index contributed by atoms with van der Waals surface area (Å²) < 4.78 is 5.46. The first kappa shape index (κ1) is 13.8. The van der Waals surface area contributed by atoms with E-state index in [1.54, 1.807) is 12.4 Å². The molecule has 0 N–H and O–H groups in total. The highest BCUT2D eigenvalue weighted by Gasteiger charge is 2.31. The van der Waals surface area contributed by atoms with E-state index in [1.807, 2.05) is 37.8 Å². The van der Waals surface area contributed by atoms with Crippen molar-refractivity contribution in [2.45, 2.75) is 51.7 Å². The molecule has 1 fully saturated rings. The second-order valence-corrected chi connectivity index (χ2v) is 6.03. The Morgan fingerprint density at radius 2 is 2.11 bits per heavy atom. The minimum Gasteiger partial charge on any atom is -0.444 e. The number of likely N-dealkylation sites (tertiary alicyclic amines) is 1. The van der Waals surface area contributed by atoms with Gasteiger partial charge in [-0.3, -0.25) is 4.98 Å². The largest absolute Gasteiger partial charge is 0.444 e. The van der Waals surface area contributed by atoms with Gasteiger partial charge in [-0.05, 0) is 57.7 Å². The van der Waals surface area contributed by atoms with Crippen molar-refractivity contribution in [3.05, 3.63) is 30.1 Å². The van der Waals surface area contributed by atoms with Crippen molar-refractivity contribution in [3.63, 3.8) is 0 Å². The lowest BCUT2D eigenvalue weighted by Gasteiger charge is -2.28. The third-order valence-electron chi connectivity index (χ3n) is 3.23. The monoisotopic (exact) mass is 262 g/mol. The fraction of sp³-hybridized carbons (Fsp3) is 0.600. The van der Waals surface area contributed by atoms with Crippen LogP contribution in [0.1, 0.15) is 39.2 Å². The lowest BCUT2D eigenvalue weighted by molar-refractivity contribution is 0.0227. The number of aromatic nitrogens is 1. The van der Waals surface area contributed by atoms with Crippen LogP contribution in [0.4, 0.5) is 4.79 Å². The molecule has 0 aromatic carbocycles. The molecule has 0 spiro atoms. The van der Waals surface area contributed by atoms with Gasteiger partial charge < -0.3 is 9.64 Å². The average molecular weight is 262 g/mol. The van der Waals surface area contributed by atoms with Crippen molar-refractivity contribution in [1.82, 2.24) is 9.88 Å². The summed E-state index contributed by atoms with van der Waals surface area (Å²) in [7, 11) is 0. The van der Waals surface area contributed by atoms with E-state index in [0.717, 1.165) is 25.8 Å². The van der Waals surface area contributed by atoms with Gasteiger partial charge in [0.15, 0.2) is 0 Å². The summed E-state index contributed by atoms with van der Waals surface area (Å²) in [5.74, 6) is 0. The summed E-state index contributed by atoms with van der Waals surface area (Å²) in [4.78, 5) is 18.0. The van der Waals surface area contributed by atoms with E-state index in [4.69, 9.17) is 4.74 Å². The first-order valence-electron chi connectivity index (χ1n) is 6.84. The normalized spacial score (nSPS) is 19.5. The SMILES string of the molecule is CC(C)(C)OC(=O)N1CCCC1Cc1ccncc1. The molecule has 1 saturated heterocycles. The molecule has 0 saturated carbocycles. The molecule has 1 aromatic heterocycles. The molecule has 4 nitrogen and oxygen atoms in total. The summed E-state index contributed by atoms with van der Waals surface area (Å²) in [5.41, 5.74) is 0.788. The molecule has 19 heavy (non-hydrogen) atoms. The van der Waals surface area contributed by atoms with Crippen LogP contribution in [0.5, 0.6) is 0 Å². The number of nitrogens with zero attached hydrogens (tertiary/aromatic N) is 2. The first-order valence-corrected chi connectivity index (χ1v) is 6.84. The minimum atomic E-state index is -0.430. The predicted octanol–water partition coefficient (Wildman–Crippen LogP) is 3.02. The number of carbonyl (C=O) groups is 1. The number of hydrogen-bond donors (Lipinski definition) is 0. The van der Waals surface area contributed by atoms with E-state index in [1.165, 1.54) is 5.56 Å². The van der Waals surface area contributed by atoms with Gasteiger partial charge in [0.25, 0.3) is 0 Å². The topological polar surface area (TPSA) is 42.4 Å². The highest BCUT2D eigenvalue weighted by Crippen LogP contribution is 2.23. The van der Waals surface area contributed by atoms with Gasteiger partial charge in [0.05, 0.1) is 0 Å². The third-order valence-corrected chi connectivity index (χ3v) is 3.23.